The number of benzene rings is 1. The zero-order valence-corrected chi connectivity index (χ0v) is 16.2. The van der Waals surface area contributed by atoms with E-state index in [2.05, 4.69) is 16.5 Å². The Balaban J connectivity index is 1.31. The molecule has 6 heteroatoms. The van der Waals surface area contributed by atoms with E-state index in [0.717, 1.165) is 43.9 Å². The third-order valence-electron chi connectivity index (χ3n) is 5.35. The van der Waals surface area contributed by atoms with Gasteiger partial charge in [-0.3, -0.25) is 9.48 Å². The van der Waals surface area contributed by atoms with E-state index in [1.165, 1.54) is 12.8 Å². The van der Waals surface area contributed by atoms with Gasteiger partial charge in [-0.05, 0) is 63.6 Å². The third kappa shape index (κ3) is 4.49. The summed E-state index contributed by atoms with van der Waals surface area (Å²) in [5.74, 6) is 2.05. The first-order valence-electron chi connectivity index (χ1n) is 10.0. The van der Waals surface area contributed by atoms with Gasteiger partial charge in [0.05, 0.1) is 11.8 Å². The van der Waals surface area contributed by atoms with Crippen molar-refractivity contribution in [2.45, 2.75) is 58.1 Å². The van der Waals surface area contributed by atoms with E-state index in [4.69, 9.17) is 4.74 Å². The quantitative estimate of drug-likeness (QED) is 0.783. The highest BCUT2D eigenvalue weighted by Gasteiger charge is 2.28. The molecule has 0 atom stereocenters. The summed E-state index contributed by atoms with van der Waals surface area (Å²) in [6.45, 7) is 6.47. The number of aromatic nitrogens is 3. The molecule has 1 amide bonds. The van der Waals surface area contributed by atoms with Gasteiger partial charge < -0.3 is 9.64 Å². The maximum Gasteiger partial charge on any atom is 0.253 e. The molecule has 6 nitrogen and oxygen atoms in total. The third-order valence-corrected chi connectivity index (χ3v) is 5.35. The molecule has 2 fully saturated rings. The number of carbonyl (C=O) groups is 1. The van der Waals surface area contributed by atoms with Gasteiger partial charge in [0.15, 0.2) is 0 Å². The fraction of sp³-hybridized carbons (Fsp3) is 0.571. The Morgan fingerprint density at radius 1 is 1.22 bits per heavy atom. The molecular weight excluding hydrogens is 340 g/mol. The number of carbonyl (C=O) groups excluding carboxylic acids is 1. The van der Waals surface area contributed by atoms with E-state index in [0.29, 0.717) is 17.4 Å². The highest BCUT2D eigenvalue weighted by Crippen LogP contribution is 2.38. The summed E-state index contributed by atoms with van der Waals surface area (Å²) in [6, 6.07) is 7.51. The normalized spacial score (nSPS) is 18.1. The summed E-state index contributed by atoms with van der Waals surface area (Å²) >= 11 is 0. The minimum absolute atomic E-state index is 0.0967. The van der Waals surface area contributed by atoms with Crippen molar-refractivity contribution in [3.05, 3.63) is 41.7 Å². The molecule has 1 aromatic heterocycles. The Morgan fingerprint density at radius 3 is 2.70 bits per heavy atom. The summed E-state index contributed by atoms with van der Waals surface area (Å²) in [5, 5.41) is 8.57. The van der Waals surface area contributed by atoms with Crippen molar-refractivity contribution in [3.63, 3.8) is 0 Å². The standard InChI is InChI=1S/C21H28N4O2/c1-15(2)27-19-5-3-4-18(12-19)21(26)24-10-8-16(9-11-24)13-25-14-20(22-23-25)17-6-7-17/h3-5,12,14-17H,6-11,13H2,1-2H3. The molecule has 2 heterocycles. The average Bonchev–Trinajstić information content (AvgIpc) is 3.41. The highest BCUT2D eigenvalue weighted by molar-refractivity contribution is 5.94. The summed E-state index contributed by atoms with van der Waals surface area (Å²) in [5.41, 5.74) is 1.85. The van der Waals surface area contributed by atoms with Crippen molar-refractivity contribution in [1.29, 1.82) is 0 Å². The van der Waals surface area contributed by atoms with Crippen LogP contribution in [0.15, 0.2) is 30.5 Å². The predicted octanol–water partition coefficient (Wildman–Crippen LogP) is 3.50. The molecule has 1 aliphatic heterocycles. The maximum absolute atomic E-state index is 12.8. The topological polar surface area (TPSA) is 60.2 Å². The number of amides is 1. The first-order valence-corrected chi connectivity index (χ1v) is 10.0. The summed E-state index contributed by atoms with van der Waals surface area (Å²) in [7, 11) is 0. The predicted molar refractivity (Wildman–Crippen MR) is 103 cm³/mol. The number of nitrogens with zero attached hydrogens (tertiary/aromatic N) is 4. The number of hydrogen-bond donors (Lipinski definition) is 0. The molecule has 2 aliphatic rings. The Bertz CT molecular complexity index is 789. The van der Waals surface area contributed by atoms with Crippen LogP contribution in [0.3, 0.4) is 0 Å². The SMILES string of the molecule is CC(C)Oc1cccc(C(=O)N2CCC(Cn3cc(C4CC4)nn3)CC2)c1. The number of ether oxygens (including phenoxy) is 1. The largest absolute Gasteiger partial charge is 0.491 e. The van der Waals surface area contributed by atoms with Gasteiger partial charge in [-0.2, -0.15) is 0 Å². The lowest BCUT2D eigenvalue weighted by Gasteiger charge is -2.32. The zero-order valence-electron chi connectivity index (χ0n) is 16.2. The van der Waals surface area contributed by atoms with Gasteiger partial charge in [0.25, 0.3) is 5.91 Å². The molecule has 27 heavy (non-hydrogen) atoms. The highest BCUT2D eigenvalue weighted by atomic mass is 16.5. The first-order chi connectivity index (χ1) is 13.1. The van der Waals surface area contributed by atoms with Gasteiger partial charge in [0, 0.05) is 37.3 Å². The minimum Gasteiger partial charge on any atom is -0.491 e. The van der Waals surface area contributed by atoms with Crippen LogP contribution >= 0.6 is 0 Å². The van der Waals surface area contributed by atoms with Gasteiger partial charge in [-0.15, -0.1) is 5.10 Å². The molecule has 1 saturated heterocycles. The van der Waals surface area contributed by atoms with E-state index >= 15 is 0 Å². The monoisotopic (exact) mass is 368 g/mol. The molecule has 0 bridgehead atoms. The Morgan fingerprint density at radius 2 is 2.00 bits per heavy atom. The van der Waals surface area contributed by atoms with Crippen LogP contribution in [0.1, 0.15) is 61.5 Å². The molecule has 0 unspecified atom stereocenters. The molecular formula is C21H28N4O2. The van der Waals surface area contributed by atoms with Crippen molar-refractivity contribution in [1.82, 2.24) is 19.9 Å². The average molecular weight is 368 g/mol. The van der Waals surface area contributed by atoms with E-state index < -0.39 is 0 Å². The van der Waals surface area contributed by atoms with Crippen LogP contribution in [0.25, 0.3) is 0 Å². The lowest BCUT2D eigenvalue weighted by atomic mass is 9.96. The maximum atomic E-state index is 12.8. The van der Waals surface area contributed by atoms with Crippen LogP contribution in [0.2, 0.25) is 0 Å². The fourth-order valence-corrected chi connectivity index (χ4v) is 3.71. The van der Waals surface area contributed by atoms with Crippen molar-refractivity contribution in [3.8, 4) is 5.75 Å². The van der Waals surface area contributed by atoms with Crippen LogP contribution in [-0.2, 0) is 6.54 Å². The Labute approximate surface area is 160 Å². The molecule has 0 spiro atoms. The molecule has 4 rings (SSSR count). The zero-order chi connectivity index (χ0) is 18.8. The summed E-state index contributed by atoms with van der Waals surface area (Å²) in [4.78, 5) is 14.8. The van der Waals surface area contributed by atoms with E-state index in [9.17, 15) is 4.79 Å². The second-order valence-electron chi connectivity index (χ2n) is 8.07. The van der Waals surface area contributed by atoms with Crippen LogP contribution in [0.4, 0.5) is 0 Å². The second kappa shape index (κ2) is 7.71. The molecule has 1 aromatic carbocycles. The van der Waals surface area contributed by atoms with Crippen molar-refractivity contribution in [2.75, 3.05) is 13.1 Å². The molecule has 0 N–H and O–H groups in total. The van der Waals surface area contributed by atoms with E-state index in [-0.39, 0.29) is 12.0 Å². The van der Waals surface area contributed by atoms with Crippen LogP contribution in [-0.4, -0.2) is 45.0 Å². The Kier molecular flexibility index (Phi) is 5.14. The fourth-order valence-electron chi connectivity index (χ4n) is 3.71. The number of rotatable bonds is 6. The second-order valence-corrected chi connectivity index (χ2v) is 8.07. The first kappa shape index (κ1) is 18.0. The van der Waals surface area contributed by atoms with Crippen molar-refractivity contribution in [2.24, 2.45) is 5.92 Å². The number of hydrogen-bond acceptors (Lipinski definition) is 4. The van der Waals surface area contributed by atoms with Crippen LogP contribution in [0.5, 0.6) is 5.75 Å². The summed E-state index contributed by atoms with van der Waals surface area (Å²) < 4.78 is 7.70. The number of piperidine rings is 1. The lowest BCUT2D eigenvalue weighted by Crippen LogP contribution is -2.39. The van der Waals surface area contributed by atoms with E-state index in [1.54, 1.807) is 0 Å². The molecule has 144 valence electrons. The molecule has 1 aliphatic carbocycles. The van der Waals surface area contributed by atoms with Crippen LogP contribution in [0, 0.1) is 5.92 Å². The van der Waals surface area contributed by atoms with Gasteiger partial charge in [-0.1, -0.05) is 11.3 Å². The summed E-state index contributed by atoms with van der Waals surface area (Å²) in [6.07, 6.45) is 6.73. The molecule has 1 saturated carbocycles. The van der Waals surface area contributed by atoms with Crippen molar-refractivity contribution < 1.29 is 9.53 Å². The Hall–Kier alpha value is -2.37. The van der Waals surface area contributed by atoms with Gasteiger partial charge in [0.2, 0.25) is 0 Å². The molecule has 2 aromatic rings. The molecule has 0 radical (unpaired) electrons. The van der Waals surface area contributed by atoms with Gasteiger partial charge in [-0.25, -0.2) is 0 Å². The van der Waals surface area contributed by atoms with Crippen LogP contribution < -0.4 is 4.74 Å². The minimum atomic E-state index is 0.0967. The van der Waals surface area contributed by atoms with Gasteiger partial charge in [0.1, 0.15) is 5.75 Å². The lowest BCUT2D eigenvalue weighted by molar-refractivity contribution is 0.0680. The van der Waals surface area contributed by atoms with Gasteiger partial charge >= 0.3 is 0 Å². The smallest absolute Gasteiger partial charge is 0.253 e. The number of likely N-dealkylation sites (tertiary alicyclic amines) is 1. The van der Waals surface area contributed by atoms with E-state index in [1.807, 2.05) is 47.7 Å². The van der Waals surface area contributed by atoms with Crippen molar-refractivity contribution >= 4 is 5.91 Å².